The molecule has 0 radical (unpaired) electrons. The lowest BCUT2D eigenvalue weighted by molar-refractivity contribution is -0.139. The van der Waals surface area contributed by atoms with Crippen LogP contribution in [0.5, 0.6) is 0 Å². The van der Waals surface area contributed by atoms with Crippen LogP contribution in [0.2, 0.25) is 0 Å². The molecule has 0 aliphatic heterocycles. The minimum Gasteiger partial charge on any atom is -0.469 e. The minimum atomic E-state index is -0.200. The van der Waals surface area contributed by atoms with E-state index in [1.54, 1.807) is 11.3 Å². The van der Waals surface area contributed by atoms with E-state index in [1.165, 1.54) is 17.6 Å². The molecule has 0 saturated carbocycles. The summed E-state index contributed by atoms with van der Waals surface area (Å²) in [5.41, 5.74) is 2.29. The van der Waals surface area contributed by atoms with Crippen LogP contribution in [0.3, 0.4) is 0 Å². The van der Waals surface area contributed by atoms with Crippen LogP contribution in [0, 0.1) is 6.92 Å². The van der Waals surface area contributed by atoms with Crippen LogP contribution in [0.4, 0.5) is 5.69 Å². The van der Waals surface area contributed by atoms with Crippen molar-refractivity contribution in [3.8, 4) is 0 Å². The molecule has 2 rings (SSSR count). The van der Waals surface area contributed by atoms with Crippen molar-refractivity contribution in [3.63, 3.8) is 0 Å². The molecule has 0 amide bonds. The summed E-state index contributed by atoms with van der Waals surface area (Å²) in [6.07, 6.45) is 0.344. The summed E-state index contributed by atoms with van der Waals surface area (Å²) >= 11 is 5.15. The second kappa shape index (κ2) is 6.90. The molecule has 3 nitrogen and oxygen atoms in total. The summed E-state index contributed by atoms with van der Waals surface area (Å²) in [6, 6.07) is 10.2. The largest absolute Gasteiger partial charge is 0.469 e. The Morgan fingerprint density at radius 1 is 1.30 bits per heavy atom. The van der Waals surface area contributed by atoms with Crippen LogP contribution in [-0.4, -0.2) is 13.1 Å². The number of carbonyl (C=O) groups is 1. The number of hydrogen-bond acceptors (Lipinski definition) is 4. The average Bonchev–Trinajstić information content (AvgIpc) is 2.87. The second-order valence-corrected chi connectivity index (χ2v) is 6.55. The van der Waals surface area contributed by atoms with Crippen LogP contribution < -0.4 is 5.32 Å². The van der Waals surface area contributed by atoms with Crippen molar-refractivity contribution in [3.05, 3.63) is 50.1 Å². The fraction of sp³-hybridized carbons (Fsp3) is 0.267. The van der Waals surface area contributed by atoms with E-state index in [0.29, 0.717) is 6.42 Å². The third-order valence-corrected chi connectivity index (χ3v) is 4.84. The minimum absolute atomic E-state index is 0.200. The molecular weight excluding hydrogens is 338 g/mol. The summed E-state index contributed by atoms with van der Waals surface area (Å²) in [5, 5.41) is 3.37. The van der Waals surface area contributed by atoms with Crippen LogP contribution in [0.25, 0.3) is 0 Å². The first-order valence-corrected chi connectivity index (χ1v) is 7.84. The van der Waals surface area contributed by atoms with Crippen LogP contribution in [0.1, 0.15) is 15.3 Å². The van der Waals surface area contributed by atoms with E-state index in [1.807, 2.05) is 12.1 Å². The number of aryl methyl sites for hydroxylation is 1. The fourth-order valence-electron chi connectivity index (χ4n) is 1.72. The van der Waals surface area contributed by atoms with E-state index in [0.717, 1.165) is 21.6 Å². The molecule has 0 bridgehead atoms. The molecule has 0 aliphatic carbocycles. The van der Waals surface area contributed by atoms with Crippen molar-refractivity contribution in [2.24, 2.45) is 0 Å². The van der Waals surface area contributed by atoms with Gasteiger partial charge in [-0.2, -0.15) is 0 Å². The molecule has 5 heteroatoms. The van der Waals surface area contributed by atoms with Crippen molar-refractivity contribution >= 4 is 38.9 Å². The van der Waals surface area contributed by atoms with Gasteiger partial charge in [-0.1, -0.05) is 22.0 Å². The summed E-state index contributed by atoms with van der Waals surface area (Å²) < 4.78 is 5.76. The third-order valence-electron chi connectivity index (χ3n) is 2.90. The van der Waals surface area contributed by atoms with E-state index in [-0.39, 0.29) is 5.97 Å². The van der Waals surface area contributed by atoms with Gasteiger partial charge in [-0.15, -0.1) is 11.3 Å². The number of methoxy groups -OCH3 is 1. The summed E-state index contributed by atoms with van der Waals surface area (Å²) in [7, 11) is 1.41. The number of nitrogens with one attached hydrogen (secondary N) is 1. The Hall–Kier alpha value is -1.33. The van der Waals surface area contributed by atoms with Crippen LogP contribution in [0.15, 0.2) is 34.8 Å². The Labute approximate surface area is 131 Å². The Balaban J connectivity index is 1.93. The first-order valence-electron chi connectivity index (χ1n) is 6.23. The topological polar surface area (TPSA) is 38.3 Å². The van der Waals surface area contributed by atoms with Gasteiger partial charge in [-0.25, -0.2) is 0 Å². The quantitative estimate of drug-likeness (QED) is 0.820. The highest BCUT2D eigenvalue weighted by atomic mass is 79.9. The van der Waals surface area contributed by atoms with Gasteiger partial charge in [-0.3, -0.25) is 4.79 Å². The Bertz CT molecular complexity index is 610. The van der Waals surface area contributed by atoms with Gasteiger partial charge in [0.15, 0.2) is 0 Å². The Morgan fingerprint density at radius 2 is 2.05 bits per heavy atom. The first-order chi connectivity index (χ1) is 9.58. The van der Waals surface area contributed by atoms with Gasteiger partial charge in [0.05, 0.1) is 13.5 Å². The predicted octanol–water partition coefficient (Wildman–Crippen LogP) is 4.15. The van der Waals surface area contributed by atoms with Gasteiger partial charge < -0.3 is 10.1 Å². The number of halogens is 1. The zero-order valence-electron chi connectivity index (χ0n) is 11.4. The van der Waals surface area contributed by atoms with E-state index in [9.17, 15) is 4.79 Å². The lowest BCUT2D eigenvalue weighted by Crippen LogP contribution is -2.02. The Morgan fingerprint density at radius 3 is 2.75 bits per heavy atom. The maximum Gasteiger partial charge on any atom is 0.310 e. The standard InChI is InChI=1S/C15H16BrNO2S/c1-10-3-4-11(7-14(10)16)17-9-13-6-5-12(20-13)8-15(18)19-2/h3-7,17H,8-9H2,1-2H3. The van der Waals surface area contributed by atoms with Crippen molar-refractivity contribution in [2.45, 2.75) is 19.9 Å². The highest BCUT2D eigenvalue weighted by Crippen LogP contribution is 2.23. The maximum atomic E-state index is 11.2. The smallest absolute Gasteiger partial charge is 0.310 e. The second-order valence-electron chi connectivity index (χ2n) is 4.44. The molecule has 1 N–H and O–H groups in total. The summed E-state index contributed by atoms with van der Waals surface area (Å²) in [5.74, 6) is -0.200. The van der Waals surface area contributed by atoms with Gasteiger partial charge in [0, 0.05) is 26.5 Å². The first kappa shape index (κ1) is 15.1. The molecule has 1 heterocycles. The number of carbonyl (C=O) groups excluding carboxylic acids is 1. The molecule has 0 aliphatic rings. The average molecular weight is 354 g/mol. The van der Waals surface area contributed by atoms with Gasteiger partial charge in [0.25, 0.3) is 0 Å². The molecule has 0 unspecified atom stereocenters. The zero-order chi connectivity index (χ0) is 14.5. The van der Waals surface area contributed by atoms with E-state index < -0.39 is 0 Å². The van der Waals surface area contributed by atoms with Gasteiger partial charge >= 0.3 is 5.97 Å². The molecule has 0 saturated heterocycles. The molecule has 1 aromatic carbocycles. The molecule has 0 atom stereocenters. The number of thiophene rings is 1. The van der Waals surface area contributed by atoms with E-state index in [4.69, 9.17) is 0 Å². The summed E-state index contributed by atoms with van der Waals surface area (Å²) in [4.78, 5) is 13.4. The lowest BCUT2D eigenvalue weighted by atomic mass is 10.2. The number of hydrogen-bond donors (Lipinski definition) is 1. The number of benzene rings is 1. The number of rotatable bonds is 5. The monoisotopic (exact) mass is 353 g/mol. The zero-order valence-corrected chi connectivity index (χ0v) is 13.8. The molecule has 1 aromatic heterocycles. The predicted molar refractivity (Wildman–Crippen MR) is 86.2 cm³/mol. The Kier molecular flexibility index (Phi) is 5.20. The molecular formula is C15H16BrNO2S. The van der Waals surface area contributed by atoms with Gasteiger partial charge in [-0.05, 0) is 36.8 Å². The van der Waals surface area contributed by atoms with Crippen molar-refractivity contribution in [1.29, 1.82) is 0 Å². The van der Waals surface area contributed by atoms with Crippen molar-refractivity contribution in [2.75, 3.05) is 12.4 Å². The summed E-state index contributed by atoms with van der Waals surface area (Å²) in [6.45, 7) is 2.81. The number of anilines is 1. The fourth-order valence-corrected chi connectivity index (χ4v) is 3.04. The molecule has 2 aromatic rings. The van der Waals surface area contributed by atoms with Crippen molar-refractivity contribution < 1.29 is 9.53 Å². The maximum absolute atomic E-state index is 11.2. The third kappa shape index (κ3) is 4.08. The van der Waals surface area contributed by atoms with Crippen LogP contribution in [-0.2, 0) is 22.5 Å². The highest BCUT2D eigenvalue weighted by Gasteiger charge is 2.06. The molecule has 0 fully saturated rings. The lowest BCUT2D eigenvalue weighted by Gasteiger charge is -2.06. The van der Waals surface area contributed by atoms with Crippen LogP contribution >= 0.6 is 27.3 Å². The molecule has 20 heavy (non-hydrogen) atoms. The van der Waals surface area contributed by atoms with E-state index >= 15 is 0 Å². The SMILES string of the molecule is COC(=O)Cc1ccc(CNc2ccc(C)c(Br)c2)s1. The van der Waals surface area contributed by atoms with E-state index in [2.05, 4.69) is 51.1 Å². The highest BCUT2D eigenvalue weighted by molar-refractivity contribution is 9.10. The normalized spacial score (nSPS) is 10.3. The molecule has 0 spiro atoms. The number of ether oxygens (including phenoxy) is 1. The van der Waals surface area contributed by atoms with Crippen molar-refractivity contribution in [1.82, 2.24) is 0 Å². The molecule has 106 valence electrons. The number of esters is 1. The van der Waals surface area contributed by atoms with Gasteiger partial charge in [0.1, 0.15) is 0 Å². The van der Waals surface area contributed by atoms with Gasteiger partial charge in [0.2, 0.25) is 0 Å².